The Morgan fingerprint density at radius 2 is 1.44 bits per heavy atom. The number of para-hydroxylation sites is 1. The lowest BCUT2D eigenvalue weighted by Crippen LogP contribution is -2.56. The number of benzene rings is 3. The zero-order valence-corrected chi connectivity index (χ0v) is 24.7. The Labute approximate surface area is 240 Å². The predicted octanol–water partition coefficient (Wildman–Crippen LogP) is 4.13. The summed E-state index contributed by atoms with van der Waals surface area (Å²) in [6.07, 6.45) is 0.121. The van der Waals surface area contributed by atoms with E-state index in [0.717, 1.165) is 15.9 Å². The number of anilines is 1. The molecule has 3 aromatic carbocycles. The first kappa shape index (κ1) is 31.7. The monoisotopic (exact) mass is 586 g/mol. The molecule has 0 spiro atoms. The zero-order chi connectivity index (χ0) is 30.4. The average Bonchev–Trinajstić information content (AvgIpc) is 2.90. The molecule has 0 unspecified atom stereocenters. The fraction of sp³-hybridized carbons (Fsp3) is 0.333. The van der Waals surface area contributed by atoms with Gasteiger partial charge in [0.2, 0.25) is 11.8 Å². The van der Waals surface area contributed by atoms with Gasteiger partial charge in [-0.05, 0) is 56.2 Å². The maximum Gasteiger partial charge on any atom is 0.304 e. The SMILES string of the molecule is CN(C)S(=O)(=O)N(CC(=O)N(Cc1ccc(F)cc1)[C@H](Cc1ccccc1)C(=O)NC(C)(C)C)c1ccccc1F. The van der Waals surface area contributed by atoms with Crippen molar-refractivity contribution in [2.24, 2.45) is 0 Å². The van der Waals surface area contributed by atoms with Crippen LogP contribution in [0.4, 0.5) is 14.5 Å². The van der Waals surface area contributed by atoms with Crippen LogP contribution < -0.4 is 9.62 Å². The molecular formula is C30H36F2N4O4S. The number of rotatable bonds is 11. The maximum absolute atomic E-state index is 14.9. The van der Waals surface area contributed by atoms with E-state index in [1.165, 1.54) is 61.5 Å². The Morgan fingerprint density at radius 3 is 2.00 bits per heavy atom. The van der Waals surface area contributed by atoms with Crippen LogP contribution in [0, 0.1) is 11.6 Å². The first-order chi connectivity index (χ1) is 19.2. The molecule has 0 aliphatic carbocycles. The second kappa shape index (κ2) is 13.2. The molecular weight excluding hydrogens is 550 g/mol. The molecule has 220 valence electrons. The molecule has 2 amide bonds. The Hall–Kier alpha value is -3.83. The van der Waals surface area contributed by atoms with E-state index in [1.807, 2.05) is 30.3 Å². The highest BCUT2D eigenvalue weighted by molar-refractivity contribution is 7.90. The summed E-state index contributed by atoms with van der Waals surface area (Å²) in [5.41, 5.74) is 0.346. The number of halogens is 2. The molecule has 0 saturated carbocycles. The smallest absolute Gasteiger partial charge is 0.304 e. The molecule has 0 aliphatic heterocycles. The van der Waals surface area contributed by atoms with Gasteiger partial charge in [0.1, 0.15) is 24.2 Å². The van der Waals surface area contributed by atoms with E-state index in [2.05, 4.69) is 5.32 Å². The fourth-order valence-electron chi connectivity index (χ4n) is 4.15. The van der Waals surface area contributed by atoms with Gasteiger partial charge in [-0.25, -0.2) is 13.1 Å². The van der Waals surface area contributed by atoms with E-state index in [0.29, 0.717) is 9.87 Å². The third kappa shape index (κ3) is 8.58. The summed E-state index contributed by atoms with van der Waals surface area (Å²) in [6.45, 7) is 4.51. The fourth-order valence-corrected chi connectivity index (χ4v) is 5.21. The highest BCUT2D eigenvalue weighted by atomic mass is 32.2. The van der Waals surface area contributed by atoms with Crippen molar-refractivity contribution in [3.63, 3.8) is 0 Å². The van der Waals surface area contributed by atoms with Crippen LogP contribution in [0.3, 0.4) is 0 Å². The van der Waals surface area contributed by atoms with Crippen molar-refractivity contribution in [3.05, 3.63) is 102 Å². The first-order valence-corrected chi connectivity index (χ1v) is 14.4. The lowest BCUT2D eigenvalue weighted by Gasteiger charge is -2.35. The average molecular weight is 587 g/mol. The standard InChI is InChI=1S/C30H36F2N4O4S/c1-30(2,3)33-29(38)27(19-22-11-7-6-8-12-22)35(20-23-15-17-24(31)18-16-23)28(37)21-36(41(39,40)34(4)5)26-14-10-9-13-25(26)32/h6-18,27H,19-21H2,1-5H3,(H,33,38)/t27-/m1/s1. The number of nitrogens with one attached hydrogen (secondary N) is 1. The van der Waals surface area contributed by atoms with Gasteiger partial charge in [-0.2, -0.15) is 12.7 Å². The summed E-state index contributed by atoms with van der Waals surface area (Å²) >= 11 is 0. The van der Waals surface area contributed by atoms with Gasteiger partial charge < -0.3 is 10.2 Å². The molecule has 1 N–H and O–H groups in total. The van der Waals surface area contributed by atoms with Crippen LogP contribution >= 0.6 is 0 Å². The number of nitrogens with zero attached hydrogens (tertiary/aromatic N) is 3. The minimum atomic E-state index is -4.33. The van der Waals surface area contributed by atoms with Crippen molar-refractivity contribution < 1.29 is 26.8 Å². The van der Waals surface area contributed by atoms with Gasteiger partial charge in [-0.3, -0.25) is 9.59 Å². The number of hydrogen-bond donors (Lipinski definition) is 1. The highest BCUT2D eigenvalue weighted by Crippen LogP contribution is 2.24. The third-order valence-corrected chi connectivity index (χ3v) is 7.98. The van der Waals surface area contributed by atoms with Crippen molar-refractivity contribution in [3.8, 4) is 0 Å². The van der Waals surface area contributed by atoms with Crippen LogP contribution in [0.1, 0.15) is 31.9 Å². The summed E-state index contributed by atoms with van der Waals surface area (Å²) < 4.78 is 56.8. The van der Waals surface area contributed by atoms with Crippen molar-refractivity contribution in [2.75, 3.05) is 24.9 Å². The number of amides is 2. The molecule has 0 radical (unpaired) electrons. The van der Waals surface area contributed by atoms with Gasteiger partial charge in [0.25, 0.3) is 0 Å². The summed E-state index contributed by atoms with van der Waals surface area (Å²) in [5, 5.41) is 2.92. The van der Waals surface area contributed by atoms with Crippen molar-refractivity contribution in [1.29, 1.82) is 0 Å². The normalized spacial score (nSPS) is 12.6. The topological polar surface area (TPSA) is 90.0 Å². The molecule has 0 bridgehead atoms. The summed E-state index contributed by atoms with van der Waals surface area (Å²) in [4.78, 5) is 29.1. The third-order valence-electron chi connectivity index (χ3n) is 6.18. The summed E-state index contributed by atoms with van der Waals surface area (Å²) in [6, 6.07) is 18.7. The number of carbonyl (C=O) groups is 2. The van der Waals surface area contributed by atoms with Crippen molar-refractivity contribution in [2.45, 2.75) is 45.3 Å². The number of hydrogen-bond acceptors (Lipinski definition) is 4. The number of carbonyl (C=O) groups excluding carboxylic acids is 2. The molecule has 3 aromatic rings. The van der Waals surface area contributed by atoms with Crippen LogP contribution in [0.2, 0.25) is 0 Å². The molecule has 8 nitrogen and oxygen atoms in total. The Bertz CT molecular complexity index is 1440. The molecule has 11 heteroatoms. The Kier molecular flexibility index (Phi) is 10.2. The molecule has 0 aromatic heterocycles. The van der Waals surface area contributed by atoms with Gasteiger partial charge >= 0.3 is 10.2 Å². The lowest BCUT2D eigenvalue weighted by atomic mass is 10.0. The van der Waals surface area contributed by atoms with E-state index >= 15 is 0 Å². The molecule has 41 heavy (non-hydrogen) atoms. The first-order valence-electron chi connectivity index (χ1n) is 13.0. The van der Waals surface area contributed by atoms with Crippen LogP contribution in [-0.4, -0.2) is 61.7 Å². The Balaban J connectivity index is 2.12. The summed E-state index contributed by atoms with van der Waals surface area (Å²) in [5.74, 6) is -2.50. The molecule has 0 fully saturated rings. The van der Waals surface area contributed by atoms with E-state index < -0.39 is 51.8 Å². The van der Waals surface area contributed by atoms with Crippen molar-refractivity contribution >= 4 is 27.7 Å². The largest absolute Gasteiger partial charge is 0.350 e. The van der Waals surface area contributed by atoms with Crippen molar-refractivity contribution in [1.82, 2.24) is 14.5 Å². The van der Waals surface area contributed by atoms with Crippen LogP contribution in [0.15, 0.2) is 78.9 Å². The second-order valence-electron chi connectivity index (χ2n) is 10.8. The second-order valence-corrected chi connectivity index (χ2v) is 12.9. The van der Waals surface area contributed by atoms with Crippen LogP contribution in [0.5, 0.6) is 0 Å². The van der Waals surface area contributed by atoms with E-state index in [4.69, 9.17) is 0 Å². The quantitative estimate of drug-likeness (QED) is 0.366. The van der Waals surface area contributed by atoms with E-state index in [-0.39, 0.29) is 18.7 Å². The lowest BCUT2D eigenvalue weighted by molar-refractivity contribution is -0.140. The minimum Gasteiger partial charge on any atom is -0.350 e. The molecule has 0 heterocycles. The van der Waals surface area contributed by atoms with Gasteiger partial charge in [-0.1, -0.05) is 54.6 Å². The van der Waals surface area contributed by atoms with Gasteiger partial charge in [0.15, 0.2) is 0 Å². The molecule has 0 aliphatic rings. The van der Waals surface area contributed by atoms with Gasteiger partial charge in [0, 0.05) is 32.6 Å². The van der Waals surface area contributed by atoms with Gasteiger partial charge in [0.05, 0.1) is 5.69 Å². The van der Waals surface area contributed by atoms with Crippen LogP contribution in [-0.2, 0) is 32.8 Å². The highest BCUT2D eigenvalue weighted by Gasteiger charge is 2.36. The minimum absolute atomic E-state index is 0.121. The summed E-state index contributed by atoms with van der Waals surface area (Å²) in [7, 11) is -1.77. The molecule has 3 rings (SSSR count). The predicted molar refractivity (Wildman–Crippen MR) is 155 cm³/mol. The maximum atomic E-state index is 14.9. The molecule has 1 atom stereocenters. The van der Waals surface area contributed by atoms with E-state index in [9.17, 15) is 26.8 Å². The Morgan fingerprint density at radius 1 is 0.854 bits per heavy atom. The van der Waals surface area contributed by atoms with Gasteiger partial charge in [-0.15, -0.1) is 0 Å². The van der Waals surface area contributed by atoms with Crippen LogP contribution in [0.25, 0.3) is 0 Å². The zero-order valence-electron chi connectivity index (χ0n) is 23.8. The molecule has 0 saturated heterocycles. The van der Waals surface area contributed by atoms with E-state index in [1.54, 1.807) is 20.8 Å².